The van der Waals surface area contributed by atoms with Gasteiger partial charge in [0.1, 0.15) is 0 Å². The van der Waals surface area contributed by atoms with E-state index in [1.54, 1.807) is 17.3 Å². The van der Waals surface area contributed by atoms with Gasteiger partial charge in [-0.1, -0.05) is 26.0 Å². The minimum atomic E-state index is -0.110. The zero-order chi connectivity index (χ0) is 16.7. The Morgan fingerprint density at radius 2 is 1.83 bits per heavy atom. The quantitative estimate of drug-likeness (QED) is 0.889. The Bertz CT molecular complexity index is 601. The maximum absolute atomic E-state index is 12.6. The van der Waals surface area contributed by atoms with Gasteiger partial charge >= 0.3 is 6.03 Å². The average Bonchev–Trinajstić information content (AvgIpc) is 2.58. The molecular formula is C18H24N4O. The van der Waals surface area contributed by atoms with E-state index in [2.05, 4.69) is 29.1 Å². The molecule has 0 radical (unpaired) electrons. The van der Waals surface area contributed by atoms with Gasteiger partial charge in [-0.15, -0.1) is 0 Å². The summed E-state index contributed by atoms with van der Waals surface area (Å²) in [5, 5.41) is 3.10. The smallest absolute Gasteiger partial charge is 0.318 e. The van der Waals surface area contributed by atoms with Crippen molar-refractivity contribution >= 4 is 6.03 Å². The van der Waals surface area contributed by atoms with Crippen molar-refractivity contribution in [3.05, 3.63) is 60.2 Å². The molecule has 1 N–H and O–H groups in total. The van der Waals surface area contributed by atoms with E-state index in [1.807, 2.05) is 43.3 Å². The SMILES string of the molecule is CCN(Cc1ccccn1)C(=O)N[C@@H](c1ccccn1)C(C)C. The fourth-order valence-electron chi connectivity index (χ4n) is 2.38. The lowest BCUT2D eigenvalue weighted by Gasteiger charge is -2.27. The Hall–Kier alpha value is -2.43. The first kappa shape index (κ1) is 16.9. The number of nitrogens with one attached hydrogen (secondary N) is 1. The first-order chi connectivity index (χ1) is 11.1. The third-order valence-corrected chi connectivity index (χ3v) is 3.70. The van der Waals surface area contributed by atoms with E-state index in [1.165, 1.54) is 0 Å². The molecule has 0 unspecified atom stereocenters. The van der Waals surface area contributed by atoms with Gasteiger partial charge < -0.3 is 10.2 Å². The van der Waals surface area contributed by atoms with Gasteiger partial charge in [0.15, 0.2) is 0 Å². The minimum absolute atomic E-state index is 0.0949. The van der Waals surface area contributed by atoms with Gasteiger partial charge in [0.25, 0.3) is 0 Å². The zero-order valence-corrected chi connectivity index (χ0v) is 13.9. The molecular weight excluding hydrogens is 288 g/mol. The largest absolute Gasteiger partial charge is 0.329 e. The highest BCUT2D eigenvalue weighted by Crippen LogP contribution is 2.19. The predicted octanol–water partition coefficient (Wildman–Crippen LogP) is 3.41. The van der Waals surface area contributed by atoms with Gasteiger partial charge in [0.2, 0.25) is 0 Å². The highest BCUT2D eigenvalue weighted by atomic mass is 16.2. The lowest BCUT2D eigenvalue weighted by atomic mass is 10.0. The number of amides is 2. The van der Waals surface area contributed by atoms with Crippen LogP contribution in [-0.2, 0) is 6.54 Å². The van der Waals surface area contributed by atoms with Crippen LogP contribution in [0.1, 0.15) is 38.2 Å². The van der Waals surface area contributed by atoms with Crippen molar-refractivity contribution in [2.75, 3.05) is 6.54 Å². The summed E-state index contributed by atoms with van der Waals surface area (Å²) < 4.78 is 0. The molecule has 0 bridgehead atoms. The second kappa shape index (κ2) is 8.27. The van der Waals surface area contributed by atoms with Crippen molar-refractivity contribution in [2.24, 2.45) is 5.92 Å². The number of hydrogen-bond donors (Lipinski definition) is 1. The van der Waals surface area contributed by atoms with E-state index >= 15 is 0 Å². The Morgan fingerprint density at radius 1 is 1.13 bits per heavy atom. The van der Waals surface area contributed by atoms with Gasteiger partial charge in [-0.2, -0.15) is 0 Å². The summed E-state index contributed by atoms with van der Waals surface area (Å²) in [5.41, 5.74) is 1.76. The number of carbonyl (C=O) groups excluding carboxylic acids is 1. The molecule has 122 valence electrons. The van der Waals surface area contributed by atoms with Crippen molar-refractivity contribution in [3.63, 3.8) is 0 Å². The van der Waals surface area contributed by atoms with Gasteiger partial charge in [-0.3, -0.25) is 9.97 Å². The Kier molecular flexibility index (Phi) is 6.09. The first-order valence-electron chi connectivity index (χ1n) is 7.98. The van der Waals surface area contributed by atoms with E-state index < -0.39 is 0 Å². The molecule has 0 saturated carbocycles. The van der Waals surface area contributed by atoms with Crippen molar-refractivity contribution in [1.82, 2.24) is 20.2 Å². The Labute approximate surface area is 137 Å². The van der Waals surface area contributed by atoms with Crippen LogP contribution in [0.25, 0.3) is 0 Å². The molecule has 1 atom stereocenters. The summed E-state index contributed by atoms with van der Waals surface area (Å²) in [5.74, 6) is 0.252. The molecule has 2 aromatic rings. The summed E-state index contributed by atoms with van der Waals surface area (Å²) in [7, 11) is 0. The van der Waals surface area contributed by atoms with Crippen molar-refractivity contribution in [2.45, 2.75) is 33.4 Å². The van der Waals surface area contributed by atoms with Crippen LogP contribution in [0, 0.1) is 5.92 Å². The van der Waals surface area contributed by atoms with Crippen LogP contribution >= 0.6 is 0 Å². The molecule has 0 aliphatic heterocycles. The van der Waals surface area contributed by atoms with E-state index in [-0.39, 0.29) is 18.0 Å². The van der Waals surface area contributed by atoms with E-state index in [0.717, 1.165) is 11.4 Å². The average molecular weight is 312 g/mol. The molecule has 0 saturated heterocycles. The molecule has 2 aromatic heterocycles. The fourth-order valence-corrected chi connectivity index (χ4v) is 2.38. The number of rotatable bonds is 6. The molecule has 0 aliphatic carbocycles. The summed E-state index contributed by atoms with van der Waals surface area (Å²) in [4.78, 5) is 23.0. The summed E-state index contributed by atoms with van der Waals surface area (Å²) in [6.45, 7) is 7.24. The molecule has 0 aromatic carbocycles. The first-order valence-corrected chi connectivity index (χ1v) is 7.98. The maximum Gasteiger partial charge on any atom is 0.318 e. The molecule has 5 nitrogen and oxygen atoms in total. The third-order valence-electron chi connectivity index (χ3n) is 3.70. The van der Waals surface area contributed by atoms with Crippen LogP contribution < -0.4 is 5.32 Å². The molecule has 2 amide bonds. The fraction of sp³-hybridized carbons (Fsp3) is 0.389. The highest BCUT2D eigenvalue weighted by molar-refractivity contribution is 5.74. The number of urea groups is 1. The lowest BCUT2D eigenvalue weighted by molar-refractivity contribution is 0.189. The van der Waals surface area contributed by atoms with Gasteiger partial charge in [-0.25, -0.2) is 4.79 Å². The van der Waals surface area contributed by atoms with E-state index in [4.69, 9.17) is 0 Å². The summed E-state index contributed by atoms with van der Waals surface area (Å²) >= 11 is 0. The standard InChI is InChI=1S/C18H24N4O/c1-4-22(13-15-9-5-7-11-19-15)18(23)21-17(14(2)3)16-10-6-8-12-20-16/h5-12,14,17H,4,13H2,1-3H3,(H,21,23)/t17-/m1/s1. The minimum Gasteiger partial charge on any atom is -0.329 e. The molecule has 0 aliphatic rings. The zero-order valence-electron chi connectivity index (χ0n) is 13.9. The number of nitrogens with zero attached hydrogens (tertiary/aromatic N) is 3. The van der Waals surface area contributed by atoms with Crippen LogP contribution in [0.3, 0.4) is 0 Å². The normalized spacial score (nSPS) is 12.0. The third kappa shape index (κ3) is 4.77. The molecule has 2 heterocycles. The van der Waals surface area contributed by atoms with Crippen molar-refractivity contribution in [3.8, 4) is 0 Å². The van der Waals surface area contributed by atoms with Gasteiger partial charge in [-0.05, 0) is 37.1 Å². The summed E-state index contributed by atoms with van der Waals surface area (Å²) in [6, 6.07) is 11.3. The molecule has 2 rings (SSSR count). The summed E-state index contributed by atoms with van der Waals surface area (Å²) in [6.07, 6.45) is 3.49. The van der Waals surface area contributed by atoms with E-state index in [9.17, 15) is 4.79 Å². The van der Waals surface area contributed by atoms with Crippen molar-refractivity contribution in [1.29, 1.82) is 0 Å². The molecule has 5 heteroatoms. The van der Waals surface area contributed by atoms with Crippen molar-refractivity contribution < 1.29 is 4.79 Å². The highest BCUT2D eigenvalue weighted by Gasteiger charge is 2.22. The van der Waals surface area contributed by atoms with Crippen LogP contribution in [0.5, 0.6) is 0 Å². The topological polar surface area (TPSA) is 58.1 Å². The Balaban J connectivity index is 2.07. The second-order valence-corrected chi connectivity index (χ2v) is 5.76. The Morgan fingerprint density at radius 3 is 2.35 bits per heavy atom. The predicted molar refractivity (Wildman–Crippen MR) is 90.7 cm³/mol. The number of carbonyl (C=O) groups is 1. The monoisotopic (exact) mass is 312 g/mol. The van der Waals surface area contributed by atoms with Crippen LogP contribution in [0.15, 0.2) is 48.8 Å². The molecule has 0 spiro atoms. The lowest BCUT2D eigenvalue weighted by Crippen LogP contribution is -2.42. The van der Waals surface area contributed by atoms with Crippen LogP contribution in [0.2, 0.25) is 0 Å². The molecule has 0 fully saturated rings. The number of hydrogen-bond acceptors (Lipinski definition) is 3. The number of pyridine rings is 2. The van der Waals surface area contributed by atoms with Gasteiger partial charge in [0.05, 0.1) is 24.0 Å². The number of aromatic nitrogens is 2. The maximum atomic E-state index is 12.6. The van der Waals surface area contributed by atoms with Crippen LogP contribution in [0.4, 0.5) is 4.79 Å². The second-order valence-electron chi connectivity index (χ2n) is 5.76. The molecule has 23 heavy (non-hydrogen) atoms. The van der Waals surface area contributed by atoms with Gasteiger partial charge in [0, 0.05) is 18.9 Å². The van der Waals surface area contributed by atoms with E-state index in [0.29, 0.717) is 13.1 Å². The van der Waals surface area contributed by atoms with Crippen LogP contribution in [-0.4, -0.2) is 27.4 Å².